The molecule has 0 aromatic heterocycles. The summed E-state index contributed by atoms with van der Waals surface area (Å²) in [6.45, 7) is 8.73. The van der Waals surface area contributed by atoms with Crippen LogP contribution in [0.1, 0.15) is 34.6 Å². The van der Waals surface area contributed by atoms with Crippen LogP contribution in [-0.4, -0.2) is 87.8 Å². The van der Waals surface area contributed by atoms with Gasteiger partial charge in [-0.25, -0.2) is 0 Å². The first kappa shape index (κ1) is 22.0. The van der Waals surface area contributed by atoms with Gasteiger partial charge in [-0.15, -0.1) is 0 Å². The normalized spacial score (nSPS) is 47.8. The second kappa shape index (κ2) is 8.36. The SMILES string of the molecule is CC1C(OC2C(CO)OC(C(C)(C)C)C(C)C2O)OC(CO)C(O)C1O. The number of hydrogen-bond donors (Lipinski definition) is 5. The molecule has 2 fully saturated rings. The van der Waals surface area contributed by atoms with Crippen molar-refractivity contribution in [3.63, 3.8) is 0 Å². The average molecular weight is 378 g/mol. The Morgan fingerprint density at radius 3 is 1.88 bits per heavy atom. The highest BCUT2D eigenvalue weighted by Gasteiger charge is 2.50. The molecule has 5 N–H and O–H groups in total. The summed E-state index contributed by atoms with van der Waals surface area (Å²) in [6, 6.07) is 0. The molecule has 10 unspecified atom stereocenters. The van der Waals surface area contributed by atoms with E-state index in [2.05, 4.69) is 0 Å². The van der Waals surface area contributed by atoms with Gasteiger partial charge in [0.2, 0.25) is 0 Å². The lowest BCUT2D eigenvalue weighted by Gasteiger charge is -2.50. The van der Waals surface area contributed by atoms with Crippen molar-refractivity contribution in [3.05, 3.63) is 0 Å². The Bertz CT molecular complexity index is 449. The van der Waals surface area contributed by atoms with E-state index < -0.39 is 55.4 Å². The predicted octanol–water partition coefficient (Wildman–Crippen LogP) is -0.750. The zero-order valence-corrected chi connectivity index (χ0v) is 16.1. The standard InChI is InChI=1S/C18H34O8/c1-8-13(22)15(11(7-20)24-16(8)18(3,4)5)26-17-9(2)12(21)14(23)10(6-19)25-17/h8-17,19-23H,6-7H2,1-5H3. The lowest BCUT2D eigenvalue weighted by atomic mass is 9.75. The quantitative estimate of drug-likeness (QED) is 0.432. The van der Waals surface area contributed by atoms with Crippen molar-refractivity contribution >= 4 is 0 Å². The molecule has 0 aromatic rings. The molecule has 26 heavy (non-hydrogen) atoms. The maximum Gasteiger partial charge on any atom is 0.163 e. The minimum atomic E-state index is -1.22. The number of hydrogen-bond acceptors (Lipinski definition) is 8. The molecule has 8 nitrogen and oxygen atoms in total. The molecule has 2 rings (SSSR count). The molecule has 0 radical (unpaired) electrons. The molecule has 154 valence electrons. The first-order chi connectivity index (χ1) is 12.0. The number of rotatable bonds is 4. The summed E-state index contributed by atoms with van der Waals surface area (Å²) in [5.41, 5.74) is -0.226. The third-order valence-electron chi connectivity index (χ3n) is 5.55. The Morgan fingerprint density at radius 2 is 1.38 bits per heavy atom. The molecule has 0 amide bonds. The van der Waals surface area contributed by atoms with Crippen molar-refractivity contribution in [2.75, 3.05) is 13.2 Å². The van der Waals surface area contributed by atoms with Gasteiger partial charge in [-0.05, 0) is 5.41 Å². The third kappa shape index (κ3) is 4.23. The average Bonchev–Trinajstić information content (AvgIpc) is 2.58. The number of aliphatic hydroxyl groups is 5. The van der Waals surface area contributed by atoms with Gasteiger partial charge in [0.15, 0.2) is 6.29 Å². The van der Waals surface area contributed by atoms with Crippen LogP contribution in [0.4, 0.5) is 0 Å². The first-order valence-electron chi connectivity index (χ1n) is 9.25. The predicted molar refractivity (Wildman–Crippen MR) is 92.2 cm³/mol. The number of aliphatic hydroxyl groups excluding tert-OH is 5. The molecule has 0 saturated carbocycles. The smallest absolute Gasteiger partial charge is 0.163 e. The lowest BCUT2D eigenvalue weighted by Crippen LogP contribution is -2.62. The molecular formula is C18H34O8. The van der Waals surface area contributed by atoms with Crippen molar-refractivity contribution in [3.8, 4) is 0 Å². The molecule has 0 aliphatic carbocycles. The fraction of sp³-hybridized carbons (Fsp3) is 1.00. The topological polar surface area (TPSA) is 129 Å². The maximum absolute atomic E-state index is 10.8. The molecular weight excluding hydrogens is 344 g/mol. The van der Waals surface area contributed by atoms with Crippen LogP contribution in [0.3, 0.4) is 0 Å². The van der Waals surface area contributed by atoms with Crippen LogP contribution in [0, 0.1) is 17.3 Å². The molecule has 0 bridgehead atoms. The van der Waals surface area contributed by atoms with Crippen LogP contribution in [0.25, 0.3) is 0 Å². The van der Waals surface area contributed by atoms with Crippen molar-refractivity contribution in [2.45, 2.75) is 83.6 Å². The van der Waals surface area contributed by atoms with Gasteiger partial charge in [0.25, 0.3) is 0 Å². The van der Waals surface area contributed by atoms with Gasteiger partial charge >= 0.3 is 0 Å². The van der Waals surface area contributed by atoms with Crippen molar-refractivity contribution in [1.82, 2.24) is 0 Å². The molecule has 2 aliphatic rings. The van der Waals surface area contributed by atoms with Crippen LogP contribution >= 0.6 is 0 Å². The zero-order chi connectivity index (χ0) is 19.8. The largest absolute Gasteiger partial charge is 0.394 e. The molecule has 10 atom stereocenters. The van der Waals surface area contributed by atoms with Crippen LogP contribution in [0.5, 0.6) is 0 Å². The summed E-state index contributed by atoms with van der Waals surface area (Å²) in [7, 11) is 0. The van der Waals surface area contributed by atoms with E-state index >= 15 is 0 Å². The van der Waals surface area contributed by atoms with E-state index in [1.807, 2.05) is 27.7 Å². The highest BCUT2D eigenvalue weighted by molar-refractivity contribution is 4.96. The van der Waals surface area contributed by atoms with Gasteiger partial charge < -0.3 is 39.7 Å². The van der Waals surface area contributed by atoms with Gasteiger partial charge in [-0.2, -0.15) is 0 Å². The maximum atomic E-state index is 10.8. The Kier molecular flexibility index (Phi) is 7.07. The molecule has 2 heterocycles. The summed E-state index contributed by atoms with van der Waals surface area (Å²) >= 11 is 0. The van der Waals surface area contributed by atoms with Gasteiger partial charge in [-0.1, -0.05) is 34.6 Å². The second-order valence-corrected chi connectivity index (χ2v) is 8.66. The summed E-state index contributed by atoms with van der Waals surface area (Å²) < 4.78 is 17.5. The van der Waals surface area contributed by atoms with Crippen LogP contribution in [0.2, 0.25) is 0 Å². The lowest BCUT2D eigenvalue weighted by molar-refractivity contribution is -0.330. The van der Waals surface area contributed by atoms with Gasteiger partial charge in [0, 0.05) is 11.8 Å². The molecule has 0 aromatic carbocycles. The monoisotopic (exact) mass is 378 g/mol. The number of ether oxygens (including phenoxy) is 3. The van der Waals surface area contributed by atoms with Crippen molar-refractivity contribution in [2.24, 2.45) is 17.3 Å². The van der Waals surface area contributed by atoms with E-state index in [9.17, 15) is 25.5 Å². The van der Waals surface area contributed by atoms with E-state index in [4.69, 9.17) is 14.2 Å². The van der Waals surface area contributed by atoms with E-state index in [-0.39, 0.29) is 24.0 Å². The zero-order valence-electron chi connectivity index (χ0n) is 16.1. The fourth-order valence-corrected chi connectivity index (χ4v) is 3.93. The Hall–Kier alpha value is -0.320. The summed E-state index contributed by atoms with van der Waals surface area (Å²) in [5, 5.41) is 50.0. The third-order valence-corrected chi connectivity index (χ3v) is 5.55. The van der Waals surface area contributed by atoms with Crippen molar-refractivity contribution in [1.29, 1.82) is 0 Å². The fourth-order valence-electron chi connectivity index (χ4n) is 3.93. The van der Waals surface area contributed by atoms with E-state index in [0.717, 1.165) is 0 Å². The Morgan fingerprint density at radius 1 is 0.808 bits per heavy atom. The van der Waals surface area contributed by atoms with Gasteiger partial charge in [0.1, 0.15) is 24.4 Å². The second-order valence-electron chi connectivity index (χ2n) is 8.66. The summed E-state index contributed by atoms with van der Waals surface area (Å²) in [5.74, 6) is -0.833. The van der Waals surface area contributed by atoms with E-state index in [1.165, 1.54) is 0 Å². The minimum Gasteiger partial charge on any atom is -0.394 e. The van der Waals surface area contributed by atoms with Gasteiger partial charge in [0.05, 0.1) is 31.5 Å². The highest BCUT2D eigenvalue weighted by Crippen LogP contribution is 2.39. The van der Waals surface area contributed by atoms with Crippen LogP contribution in [-0.2, 0) is 14.2 Å². The van der Waals surface area contributed by atoms with Gasteiger partial charge in [-0.3, -0.25) is 0 Å². The molecule has 0 spiro atoms. The van der Waals surface area contributed by atoms with Crippen LogP contribution in [0.15, 0.2) is 0 Å². The van der Waals surface area contributed by atoms with Crippen molar-refractivity contribution < 1.29 is 39.7 Å². The minimum absolute atomic E-state index is 0.226. The summed E-state index contributed by atoms with van der Waals surface area (Å²) in [4.78, 5) is 0. The molecule has 2 saturated heterocycles. The Labute approximate surface area is 154 Å². The van der Waals surface area contributed by atoms with E-state index in [1.54, 1.807) is 6.92 Å². The molecule has 8 heteroatoms. The van der Waals surface area contributed by atoms with E-state index in [0.29, 0.717) is 0 Å². The highest BCUT2D eigenvalue weighted by atomic mass is 16.7. The van der Waals surface area contributed by atoms with Crippen LogP contribution < -0.4 is 0 Å². The molecule has 2 aliphatic heterocycles. The summed E-state index contributed by atoms with van der Waals surface area (Å²) in [6.07, 6.45) is -7.09. The first-order valence-corrected chi connectivity index (χ1v) is 9.25. The Balaban J connectivity index is 2.16.